The van der Waals surface area contributed by atoms with E-state index in [4.69, 9.17) is 20.1 Å². The third-order valence-electron chi connectivity index (χ3n) is 3.14. The van der Waals surface area contributed by atoms with E-state index < -0.39 is 6.10 Å². The van der Waals surface area contributed by atoms with Gasteiger partial charge in [0.05, 0.1) is 31.7 Å². The molecule has 1 aromatic carbocycles. The quantitative estimate of drug-likeness (QED) is 0.826. The second kappa shape index (κ2) is 6.19. The predicted octanol–water partition coefficient (Wildman–Crippen LogP) is 2.18. The van der Waals surface area contributed by atoms with Crippen LogP contribution in [-0.4, -0.2) is 24.8 Å². The zero-order chi connectivity index (χ0) is 13.7. The first kappa shape index (κ1) is 13.4. The number of rotatable bonds is 4. The van der Waals surface area contributed by atoms with E-state index in [1.165, 1.54) is 0 Å². The molecule has 5 heteroatoms. The van der Waals surface area contributed by atoms with Gasteiger partial charge in [0, 0.05) is 13.0 Å². The maximum atomic E-state index is 8.97. The summed E-state index contributed by atoms with van der Waals surface area (Å²) in [5.41, 5.74) is 1.07. The number of nitriles is 2. The molecule has 0 aliphatic carbocycles. The normalized spacial score (nSPS) is 22.7. The van der Waals surface area contributed by atoms with E-state index in [0.29, 0.717) is 19.4 Å². The molecule has 0 spiro atoms. The van der Waals surface area contributed by atoms with Gasteiger partial charge in [-0.15, -0.1) is 0 Å². The van der Waals surface area contributed by atoms with Crippen LogP contribution in [0.5, 0.6) is 5.75 Å². The molecule has 0 bridgehead atoms. The standard InChI is InChI=1S/C14H15N3O2/c1-18-12-5-3-11(4-6-12)14-9-13(10-16)19-17(14)8-2-7-15/h3-6,13-14H,2,8-9H2,1H3/t13-,14+/m1/s1. The molecule has 0 amide bonds. The lowest BCUT2D eigenvalue weighted by Gasteiger charge is -2.21. The Morgan fingerprint density at radius 3 is 2.68 bits per heavy atom. The summed E-state index contributed by atoms with van der Waals surface area (Å²) in [6, 6.07) is 11.9. The molecule has 1 aromatic rings. The van der Waals surface area contributed by atoms with Gasteiger partial charge in [-0.05, 0) is 17.7 Å². The first-order chi connectivity index (χ1) is 9.28. The van der Waals surface area contributed by atoms with E-state index in [-0.39, 0.29) is 6.04 Å². The molecule has 1 aliphatic heterocycles. The highest BCUT2D eigenvalue weighted by molar-refractivity contribution is 5.29. The Balaban J connectivity index is 2.15. The highest BCUT2D eigenvalue weighted by Crippen LogP contribution is 2.34. The first-order valence-electron chi connectivity index (χ1n) is 6.12. The Bertz CT molecular complexity index is 501. The van der Waals surface area contributed by atoms with Crippen molar-refractivity contribution in [2.24, 2.45) is 0 Å². The highest BCUT2D eigenvalue weighted by Gasteiger charge is 2.34. The third-order valence-corrected chi connectivity index (χ3v) is 3.14. The Labute approximate surface area is 112 Å². The van der Waals surface area contributed by atoms with Crippen LogP contribution in [0, 0.1) is 22.7 Å². The van der Waals surface area contributed by atoms with Crippen LogP contribution < -0.4 is 4.74 Å². The molecule has 0 radical (unpaired) electrons. The van der Waals surface area contributed by atoms with Crippen LogP contribution in [0.3, 0.4) is 0 Å². The van der Waals surface area contributed by atoms with Gasteiger partial charge in [-0.2, -0.15) is 15.6 Å². The van der Waals surface area contributed by atoms with Crippen LogP contribution in [-0.2, 0) is 4.84 Å². The maximum Gasteiger partial charge on any atom is 0.167 e. The van der Waals surface area contributed by atoms with Gasteiger partial charge in [-0.3, -0.25) is 4.84 Å². The smallest absolute Gasteiger partial charge is 0.167 e. The SMILES string of the molecule is COc1ccc([C@@H]2C[C@H](C#N)ON2CCC#N)cc1. The number of hydrogen-bond acceptors (Lipinski definition) is 5. The summed E-state index contributed by atoms with van der Waals surface area (Å²) in [6.07, 6.45) is 0.560. The Kier molecular flexibility index (Phi) is 4.35. The highest BCUT2D eigenvalue weighted by atomic mass is 16.7. The average Bonchev–Trinajstić information content (AvgIpc) is 2.88. The van der Waals surface area contributed by atoms with E-state index in [9.17, 15) is 0 Å². The molecule has 2 atom stereocenters. The van der Waals surface area contributed by atoms with E-state index >= 15 is 0 Å². The third kappa shape index (κ3) is 3.03. The van der Waals surface area contributed by atoms with Gasteiger partial charge >= 0.3 is 0 Å². The molecule has 19 heavy (non-hydrogen) atoms. The number of methoxy groups -OCH3 is 1. The summed E-state index contributed by atoms with van der Waals surface area (Å²) >= 11 is 0. The molecule has 0 unspecified atom stereocenters. The topological polar surface area (TPSA) is 69.3 Å². The number of hydroxylamine groups is 2. The fourth-order valence-electron chi connectivity index (χ4n) is 2.17. The molecule has 0 N–H and O–H groups in total. The fraction of sp³-hybridized carbons (Fsp3) is 0.429. The lowest BCUT2D eigenvalue weighted by Crippen LogP contribution is -2.23. The van der Waals surface area contributed by atoms with Crippen LogP contribution in [0.1, 0.15) is 24.4 Å². The van der Waals surface area contributed by atoms with Gasteiger partial charge in [0.2, 0.25) is 0 Å². The van der Waals surface area contributed by atoms with E-state index in [0.717, 1.165) is 11.3 Å². The van der Waals surface area contributed by atoms with Crippen molar-refractivity contribution in [3.63, 3.8) is 0 Å². The number of ether oxygens (including phenoxy) is 1. The lowest BCUT2D eigenvalue weighted by molar-refractivity contribution is -0.148. The lowest BCUT2D eigenvalue weighted by atomic mass is 10.0. The van der Waals surface area contributed by atoms with Gasteiger partial charge < -0.3 is 4.74 Å². The minimum Gasteiger partial charge on any atom is -0.497 e. The maximum absolute atomic E-state index is 8.97. The van der Waals surface area contributed by atoms with Crippen molar-refractivity contribution >= 4 is 0 Å². The summed E-state index contributed by atoms with van der Waals surface area (Å²) in [4.78, 5) is 5.53. The fourth-order valence-corrected chi connectivity index (χ4v) is 2.17. The van der Waals surface area contributed by atoms with Gasteiger partial charge in [-0.25, -0.2) is 0 Å². The number of nitrogens with zero attached hydrogens (tertiary/aromatic N) is 3. The van der Waals surface area contributed by atoms with Gasteiger partial charge in [-0.1, -0.05) is 12.1 Å². The van der Waals surface area contributed by atoms with Crippen LogP contribution in [0.2, 0.25) is 0 Å². The first-order valence-corrected chi connectivity index (χ1v) is 6.12. The molecule has 1 fully saturated rings. The Morgan fingerprint density at radius 2 is 2.11 bits per heavy atom. The van der Waals surface area contributed by atoms with Crippen LogP contribution in [0.15, 0.2) is 24.3 Å². The molecule has 98 valence electrons. The summed E-state index contributed by atoms with van der Waals surface area (Å²) in [7, 11) is 1.62. The predicted molar refractivity (Wildman–Crippen MR) is 67.8 cm³/mol. The molecule has 0 aromatic heterocycles. The molecule has 2 rings (SSSR count). The van der Waals surface area contributed by atoms with Crippen molar-refractivity contribution in [1.29, 1.82) is 10.5 Å². The van der Waals surface area contributed by atoms with Crippen molar-refractivity contribution in [3.8, 4) is 17.9 Å². The summed E-state index contributed by atoms with van der Waals surface area (Å²) in [5.74, 6) is 0.795. The molecular formula is C14H15N3O2. The molecule has 1 saturated heterocycles. The van der Waals surface area contributed by atoms with E-state index in [1.807, 2.05) is 24.3 Å². The van der Waals surface area contributed by atoms with Gasteiger partial charge in [0.1, 0.15) is 5.75 Å². The summed E-state index contributed by atoms with van der Waals surface area (Å²) in [6.45, 7) is 0.505. The summed E-state index contributed by atoms with van der Waals surface area (Å²) < 4.78 is 5.13. The van der Waals surface area contributed by atoms with Crippen molar-refractivity contribution < 1.29 is 9.57 Å². The molecule has 1 aliphatic rings. The van der Waals surface area contributed by atoms with Crippen LogP contribution in [0.25, 0.3) is 0 Å². The van der Waals surface area contributed by atoms with E-state index in [1.54, 1.807) is 12.2 Å². The largest absolute Gasteiger partial charge is 0.497 e. The van der Waals surface area contributed by atoms with Crippen molar-refractivity contribution in [3.05, 3.63) is 29.8 Å². The zero-order valence-corrected chi connectivity index (χ0v) is 10.7. The molecule has 0 saturated carbocycles. The van der Waals surface area contributed by atoms with Gasteiger partial charge in [0.25, 0.3) is 0 Å². The Morgan fingerprint density at radius 1 is 1.37 bits per heavy atom. The average molecular weight is 257 g/mol. The second-order valence-electron chi connectivity index (χ2n) is 4.30. The molecule has 1 heterocycles. The minimum absolute atomic E-state index is 0.0175. The van der Waals surface area contributed by atoms with Crippen molar-refractivity contribution in [1.82, 2.24) is 5.06 Å². The Hall–Kier alpha value is -2.08. The van der Waals surface area contributed by atoms with Crippen molar-refractivity contribution in [2.45, 2.75) is 25.0 Å². The number of hydrogen-bond donors (Lipinski definition) is 0. The van der Waals surface area contributed by atoms with Crippen LogP contribution in [0.4, 0.5) is 0 Å². The minimum atomic E-state index is -0.439. The molecular weight excluding hydrogens is 242 g/mol. The van der Waals surface area contributed by atoms with Crippen LogP contribution >= 0.6 is 0 Å². The summed E-state index contributed by atoms with van der Waals surface area (Å²) in [5, 5.41) is 19.4. The monoisotopic (exact) mass is 257 g/mol. The van der Waals surface area contributed by atoms with Crippen molar-refractivity contribution in [2.75, 3.05) is 13.7 Å². The molecule has 5 nitrogen and oxygen atoms in total. The second-order valence-corrected chi connectivity index (χ2v) is 4.30. The zero-order valence-electron chi connectivity index (χ0n) is 10.7. The van der Waals surface area contributed by atoms with E-state index in [2.05, 4.69) is 12.1 Å². The van der Waals surface area contributed by atoms with Gasteiger partial charge in [0.15, 0.2) is 6.10 Å². The number of benzene rings is 1.